The first-order valence-corrected chi connectivity index (χ1v) is 7.29. The van der Waals surface area contributed by atoms with Gasteiger partial charge in [0.1, 0.15) is 6.10 Å². The molecule has 114 valence electrons. The van der Waals surface area contributed by atoms with Gasteiger partial charge < -0.3 is 9.84 Å². The molecule has 6 heteroatoms. The standard InChI is InChI=1S/C14H23NO5/c1-3-4-7-20-11(16)8-9-5-6-10-12(17)13(18)15(19)14(9,10)2/h9-10,12,17,19H,3-8H2,1-2H3/t9-,10+,12-,14+/m0/s1. The summed E-state index contributed by atoms with van der Waals surface area (Å²) in [4.78, 5) is 23.5. The lowest BCUT2D eigenvalue weighted by Gasteiger charge is -2.35. The molecule has 2 fully saturated rings. The number of hydroxylamine groups is 2. The molecule has 0 aromatic heterocycles. The van der Waals surface area contributed by atoms with Crippen LogP contribution in [0, 0.1) is 11.8 Å². The molecule has 2 aliphatic rings. The van der Waals surface area contributed by atoms with Crippen LogP contribution in [0.15, 0.2) is 0 Å². The molecule has 0 spiro atoms. The van der Waals surface area contributed by atoms with Gasteiger partial charge in [0.2, 0.25) is 0 Å². The fourth-order valence-electron chi connectivity index (χ4n) is 3.51. The first-order valence-electron chi connectivity index (χ1n) is 7.29. The number of aliphatic hydroxyl groups is 1. The van der Waals surface area contributed by atoms with Gasteiger partial charge in [-0.1, -0.05) is 13.3 Å². The third kappa shape index (κ3) is 2.31. The Bertz CT molecular complexity index is 399. The Labute approximate surface area is 118 Å². The second-order valence-corrected chi connectivity index (χ2v) is 5.98. The Kier molecular flexibility index (Phi) is 4.34. The lowest BCUT2D eigenvalue weighted by atomic mass is 9.81. The van der Waals surface area contributed by atoms with Crippen molar-refractivity contribution in [3.05, 3.63) is 0 Å². The van der Waals surface area contributed by atoms with Crippen molar-refractivity contribution in [1.82, 2.24) is 5.06 Å². The molecule has 2 N–H and O–H groups in total. The largest absolute Gasteiger partial charge is 0.466 e. The number of hydrogen-bond donors (Lipinski definition) is 2. The molecule has 1 heterocycles. The molecule has 2 rings (SSSR count). The van der Waals surface area contributed by atoms with Gasteiger partial charge in [-0.05, 0) is 32.1 Å². The van der Waals surface area contributed by atoms with Crippen molar-refractivity contribution in [3.8, 4) is 0 Å². The summed E-state index contributed by atoms with van der Waals surface area (Å²) in [5.74, 6) is -1.45. The number of amides is 1. The number of rotatable bonds is 5. The van der Waals surface area contributed by atoms with E-state index < -0.39 is 17.6 Å². The highest BCUT2D eigenvalue weighted by Crippen LogP contribution is 2.51. The quantitative estimate of drug-likeness (QED) is 0.448. The molecule has 6 nitrogen and oxygen atoms in total. The van der Waals surface area contributed by atoms with Crippen LogP contribution < -0.4 is 0 Å². The van der Waals surface area contributed by atoms with Crippen molar-refractivity contribution in [3.63, 3.8) is 0 Å². The predicted octanol–water partition coefficient (Wildman–Crippen LogP) is 1.10. The lowest BCUT2D eigenvalue weighted by Crippen LogP contribution is -2.48. The summed E-state index contributed by atoms with van der Waals surface area (Å²) >= 11 is 0. The van der Waals surface area contributed by atoms with Crippen molar-refractivity contribution in [2.45, 2.75) is 57.6 Å². The van der Waals surface area contributed by atoms with Crippen LogP contribution >= 0.6 is 0 Å². The predicted molar refractivity (Wildman–Crippen MR) is 69.7 cm³/mol. The second kappa shape index (κ2) is 5.69. The zero-order valence-electron chi connectivity index (χ0n) is 12.0. The number of nitrogens with zero attached hydrogens (tertiary/aromatic N) is 1. The molecule has 0 radical (unpaired) electrons. The van der Waals surface area contributed by atoms with E-state index in [0.717, 1.165) is 12.8 Å². The van der Waals surface area contributed by atoms with E-state index in [-0.39, 0.29) is 24.2 Å². The van der Waals surface area contributed by atoms with Crippen LogP contribution in [0.2, 0.25) is 0 Å². The van der Waals surface area contributed by atoms with Crippen LogP contribution in [0.3, 0.4) is 0 Å². The molecule has 4 atom stereocenters. The van der Waals surface area contributed by atoms with Gasteiger partial charge in [0.05, 0.1) is 18.6 Å². The third-order valence-corrected chi connectivity index (χ3v) is 4.88. The number of carbonyl (C=O) groups is 2. The van der Waals surface area contributed by atoms with Crippen LogP contribution in [-0.4, -0.2) is 45.5 Å². The van der Waals surface area contributed by atoms with E-state index in [0.29, 0.717) is 24.5 Å². The highest BCUT2D eigenvalue weighted by Gasteiger charge is 2.62. The van der Waals surface area contributed by atoms with Gasteiger partial charge in [-0.2, -0.15) is 0 Å². The van der Waals surface area contributed by atoms with Gasteiger partial charge in [0.15, 0.2) is 0 Å². The van der Waals surface area contributed by atoms with E-state index in [2.05, 4.69) is 0 Å². The molecule has 0 aromatic carbocycles. The average molecular weight is 285 g/mol. The number of carbonyl (C=O) groups excluding carboxylic acids is 2. The highest BCUT2D eigenvalue weighted by molar-refractivity contribution is 5.84. The van der Waals surface area contributed by atoms with Gasteiger partial charge in [-0.3, -0.25) is 14.8 Å². The summed E-state index contributed by atoms with van der Waals surface area (Å²) in [7, 11) is 0. The van der Waals surface area contributed by atoms with Gasteiger partial charge in [-0.25, -0.2) is 5.06 Å². The Balaban J connectivity index is 2.00. The monoisotopic (exact) mass is 285 g/mol. The SMILES string of the molecule is CCCCOC(=O)C[C@@H]1CC[C@@H]2[C@H](O)C(=O)N(O)[C@]12C. The maximum absolute atomic E-state index is 11.8. The van der Waals surface area contributed by atoms with Gasteiger partial charge in [0.25, 0.3) is 5.91 Å². The van der Waals surface area contributed by atoms with E-state index >= 15 is 0 Å². The van der Waals surface area contributed by atoms with Crippen LogP contribution in [0.4, 0.5) is 0 Å². The smallest absolute Gasteiger partial charge is 0.306 e. The van der Waals surface area contributed by atoms with Crippen LogP contribution in [0.5, 0.6) is 0 Å². The molecule has 0 aromatic rings. The van der Waals surface area contributed by atoms with Gasteiger partial charge in [0, 0.05) is 5.92 Å². The number of ether oxygens (including phenoxy) is 1. The summed E-state index contributed by atoms with van der Waals surface area (Å²) in [5.41, 5.74) is -0.861. The number of unbranched alkanes of at least 4 members (excludes halogenated alkanes) is 1. The lowest BCUT2D eigenvalue weighted by molar-refractivity contribution is -0.189. The molecule has 1 saturated carbocycles. The molecule has 1 aliphatic heterocycles. The number of hydrogen-bond acceptors (Lipinski definition) is 5. The minimum absolute atomic E-state index is 0.173. The first-order chi connectivity index (χ1) is 9.42. The minimum Gasteiger partial charge on any atom is -0.466 e. The van der Waals surface area contributed by atoms with Crippen molar-refractivity contribution in [2.24, 2.45) is 11.8 Å². The first kappa shape index (κ1) is 15.3. The summed E-state index contributed by atoms with van der Waals surface area (Å²) in [6.07, 6.45) is 2.14. The van der Waals surface area contributed by atoms with E-state index in [9.17, 15) is 19.9 Å². The number of esters is 1. The molecule has 0 unspecified atom stereocenters. The fourth-order valence-corrected chi connectivity index (χ4v) is 3.51. The maximum Gasteiger partial charge on any atom is 0.306 e. The molecular formula is C14H23NO5. The van der Waals surface area contributed by atoms with Crippen molar-refractivity contribution in [2.75, 3.05) is 6.61 Å². The van der Waals surface area contributed by atoms with E-state index in [1.54, 1.807) is 6.92 Å². The van der Waals surface area contributed by atoms with E-state index in [1.165, 1.54) is 0 Å². The summed E-state index contributed by atoms with van der Waals surface area (Å²) in [6, 6.07) is 0. The average Bonchev–Trinajstić information content (AvgIpc) is 2.82. The Morgan fingerprint density at radius 3 is 2.85 bits per heavy atom. The number of fused-ring (bicyclic) bond motifs is 1. The Morgan fingerprint density at radius 2 is 2.20 bits per heavy atom. The van der Waals surface area contributed by atoms with Gasteiger partial charge >= 0.3 is 5.97 Å². The zero-order valence-corrected chi connectivity index (χ0v) is 12.0. The highest BCUT2D eigenvalue weighted by atomic mass is 16.5. The summed E-state index contributed by atoms with van der Waals surface area (Å²) in [5, 5.41) is 20.5. The van der Waals surface area contributed by atoms with Crippen LogP contribution in [0.1, 0.15) is 46.0 Å². The Hall–Kier alpha value is -1.14. The van der Waals surface area contributed by atoms with Crippen LogP contribution in [0.25, 0.3) is 0 Å². The molecule has 20 heavy (non-hydrogen) atoms. The summed E-state index contributed by atoms with van der Waals surface area (Å²) in [6.45, 7) is 4.17. The summed E-state index contributed by atoms with van der Waals surface area (Å²) < 4.78 is 5.14. The molecule has 1 saturated heterocycles. The van der Waals surface area contributed by atoms with Crippen molar-refractivity contribution in [1.29, 1.82) is 0 Å². The second-order valence-electron chi connectivity index (χ2n) is 5.98. The van der Waals surface area contributed by atoms with Crippen molar-refractivity contribution >= 4 is 11.9 Å². The fraction of sp³-hybridized carbons (Fsp3) is 0.857. The molecule has 0 bridgehead atoms. The third-order valence-electron chi connectivity index (χ3n) is 4.88. The van der Waals surface area contributed by atoms with E-state index in [4.69, 9.17) is 4.74 Å². The zero-order chi connectivity index (χ0) is 14.9. The molecule has 1 amide bonds. The van der Waals surface area contributed by atoms with Crippen LogP contribution in [-0.2, 0) is 14.3 Å². The Morgan fingerprint density at radius 1 is 1.50 bits per heavy atom. The van der Waals surface area contributed by atoms with Gasteiger partial charge in [-0.15, -0.1) is 0 Å². The molecular weight excluding hydrogens is 262 g/mol. The maximum atomic E-state index is 11.8. The van der Waals surface area contributed by atoms with E-state index in [1.807, 2.05) is 6.92 Å². The number of aliphatic hydroxyl groups excluding tert-OH is 1. The van der Waals surface area contributed by atoms with Crippen molar-refractivity contribution < 1.29 is 24.6 Å². The molecule has 1 aliphatic carbocycles. The normalized spacial score (nSPS) is 36.3. The minimum atomic E-state index is -1.16. The topological polar surface area (TPSA) is 87.1 Å².